The topological polar surface area (TPSA) is 12.0 Å². The van der Waals surface area contributed by atoms with Gasteiger partial charge in [0.1, 0.15) is 0 Å². The molecule has 0 aliphatic carbocycles. The van der Waals surface area contributed by atoms with Crippen LogP contribution in [0.25, 0.3) is 0 Å². The van der Waals surface area contributed by atoms with Gasteiger partial charge in [0.2, 0.25) is 0 Å². The van der Waals surface area contributed by atoms with E-state index in [0.29, 0.717) is 6.04 Å². The van der Waals surface area contributed by atoms with Crippen LogP contribution in [0.3, 0.4) is 0 Å². The van der Waals surface area contributed by atoms with Crippen LogP contribution in [-0.4, -0.2) is 6.54 Å². The maximum absolute atomic E-state index is 5.93. The van der Waals surface area contributed by atoms with Crippen molar-refractivity contribution in [2.45, 2.75) is 19.4 Å². The molecule has 1 aromatic carbocycles. The predicted octanol–water partition coefficient (Wildman–Crippen LogP) is 3.01. The molecule has 1 aromatic rings. The van der Waals surface area contributed by atoms with Gasteiger partial charge >= 0.3 is 0 Å². The second-order valence-corrected chi connectivity index (χ2v) is 4.29. The summed E-state index contributed by atoms with van der Waals surface area (Å²) in [5.41, 5.74) is 1.32. The van der Waals surface area contributed by atoms with Gasteiger partial charge < -0.3 is 5.32 Å². The van der Waals surface area contributed by atoms with Crippen LogP contribution in [0.5, 0.6) is 0 Å². The molecule has 0 bridgehead atoms. The zero-order valence-electron chi connectivity index (χ0n) is 7.76. The number of halogens is 1. The Kier molecular flexibility index (Phi) is 2.56. The molecular formula is C11H14ClN. The predicted molar refractivity (Wildman–Crippen MR) is 56.0 cm³/mol. The Morgan fingerprint density at radius 3 is 2.92 bits per heavy atom. The third kappa shape index (κ3) is 2.04. The van der Waals surface area contributed by atoms with E-state index in [0.717, 1.165) is 17.5 Å². The first-order chi connectivity index (χ1) is 6.25. The van der Waals surface area contributed by atoms with Crippen LogP contribution in [0.1, 0.15) is 24.9 Å². The first kappa shape index (κ1) is 9.04. The van der Waals surface area contributed by atoms with Crippen LogP contribution >= 0.6 is 11.6 Å². The quantitative estimate of drug-likeness (QED) is 0.727. The molecule has 1 fully saturated rings. The average Bonchev–Trinajstić information content (AvgIpc) is 2.52. The van der Waals surface area contributed by atoms with Gasteiger partial charge in [-0.1, -0.05) is 30.7 Å². The molecule has 1 aliphatic heterocycles. The van der Waals surface area contributed by atoms with Crippen molar-refractivity contribution in [2.75, 3.05) is 6.54 Å². The fourth-order valence-electron chi connectivity index (χ4n) is 1.89. The summed E-state index contributed by atoms with van der Waals surface area (Å²) >= 11 is 5.93. The van der Waals surface area contributed by atoms with Gasteiger partial charge in [0.15, 0.2) is 0 Å². The van der Waals surface area contributed by atoms with Crippen LogP contribution in [-0.2, 0) is 0 Å². The van der Waals surface area contributed by atoms with Crippen molar-refractivity contribution in [1.29, 1.82) is 0 Å². The maximum atomic E-state index is 5.93. The molecule has 0 radical (unpaired) electrons. The molecule has 0 spiro atoms. The van der Waals surface area contributed by atoms with Crippen molar-refractivity contribution in [3.05, 3.63) is 34.9 Å². The summed E-state index contributed by atoms with van der Waals surface area (Å²) in [5, 5.41) is 4.32. The molecule has 2 atom stereocenters. The fraction of sp³-hybridized carbons (Fsp3) is 0.455. The Balaban J connectivity index is 2.16. The Morgan fingerprint density at radius 2 is 2.31 bits per heavy atom. The van der Waals surface area contributed by atoms with E-state index in [-0.39, 0.29) is 0 Å². The first-order valence-electron chi connectivity index (χ1n) is 4.74. The van der Waals surface area contributed by atoms with Gasteiger partial charge in [-0.2, -0.15) is 0 Å². The molecule has 2 rings (SSSR count). The second kappa shape index (κ2) is 3.69. The minimum atomic E-state index is 0.508. The highest BCUT2D eigenvalue weighted by Crippen LogP contribution is 2.27. The van der Waals surface area contributed by atoms with Crippen molar-refractivity contribution >= 4 is 11.6 Å². The van der Waals surface area contributed by atoms with E-state index < -0.39 is 0 Å². The maximum Gasteiger partial charge on any atom is 0.0409 e. The molecule has 0 amide bonds. The van der Waals surface area contributed by atoms with E-state index >= 15 is 0 Å². The normalized spacial score (nSPS) is 27.8. The Morgan fingerprint density at radius 1 is 1.46 bits per heavy atom. The van der Waals surface area contributed by atoms with E-state index in [1.54, 1.807) is 0 Å². The number of hydrogen-bond donors (Lipinski definition) is 1. The Bertz CT molecular complexity index is 298. The number of rotatable bonds is 1. The zero-order chi connectivity index (χ0) is 9.26. The van der Waals surface area contributed by atoms with Gasteiger partial charge in [-0.3, -0.25) is 0 Å². The first-order valence-corrected chi connectivity index (χ1v) is 5.12. The van der Waals surface area contributed by atoms with E-state index in [9.17, 15) is 0 Å². The summed E-state index contributed by atoms with van der Waals surface area (Å²) in [7, 11) is 0. The van der Waals surface area contributed by atoms with E-state index in [1.165, 1.54) is 12.0 Å². The zero-order valence-corrected chi connectivity index (χ0v) is 8.51. The van der Waals surface area contributed by atoms with Gasteiger partial charge in [-0.15, -0.1) is 0 Å². The standard InChI is InChI=1S/C11H14ClN/c1-8-5-11(13-7-8)9-3-2-4-10(12)6-9/h2-4,6,8,11,13H,5,7H2,1H3/t8-,11-/m0/s1. The molecule has 70 valence electrons. The monoisotopic (exact) mass is 195 g/mol. The van der Waals surface area contributed by atoms with Crippen molar-refractivity contribution in [2.24, 2.45) is 5.92 Å². The highest BCUT2D eigenvalue weighted by Gasteiger charge is 2.21. The third-order valence-electron chi connectivity index (χ3n) is 2.60. The SMILES string of the molecule is C[C@@H]1CN[C@H](c2cccc(Cl)c2)C1. The summed E-state index contributed by atoms with van der Waals surface area (Å²) in [5.74, 6) is 0.781. The summed E-state index contributed by atoms with van der Waals surface area (Å²) in [6.07, 6.45) is 1.22. The molecule has 1 saturated heterocycles. The van der Waals surface area contributed by atoms with Crippen LogP contribution in [0.15, 0.2) is 24.3 Å². The van der Waals surface area contributed by atoms with E-state index in [4.69, 9.17) is 11.6 Å². The number of hydrogen-bond acceptors (Lipinski definition) is 1. The van der Waals surface area contributed by atoms with Crippen LogP contribution in [0.2, 0.25) is 5.02 Å². The summed E-state index contributed by atoms with van der Waals surface area (Å²) in [6.45, 7) is 3.40. The number of nitrogens with one attached hydrogen (secondary N) is 1. The van der Waals surface area contributed by atoms with Crippen molar-refractivity contribution < 1.29 is 0 Å². The van der Waals surface area contributed by atoms with Gasteiger partial charge in [0.05, 0.1) is 0 Å². The van der Waals surface area contributed by atoms with Crippen LogP contribution < -0.4 is 5.32 Å². The summed E-state index contributed by atoms with van der Waals surface area (Å²) in [4.78, 5) is 0. The third-order valence-corrected chi connectivity index (χ3v) is 2.84. The lowest BCUT2D eigenvalue weighted by molar-refractivity contribution is 0.612. The Hall–Kier alpha value is -0.530. The van der Waals surface area contributed by atoms with Crippen LogP contribution in [0.4, 0.5) is 0 Å². The summed E-state index contributed by atoms with van der Waals surface area (Å²) in [6, 6.07) is 8.64. The average molecular weight is 196 g/mol. The molecule has 1 N–H and O–H groups in total. The number of benzene rings is 1. The van der Waals surface area contributed by atoms with Crippen LogP contribution in [0, 0.1) is 5.92 Å². The highest BCUT2D eigenvalue weighted by molar-refractivity contribution is 6.30. The smallest absolute Gasteiger partial charge is 0.0409 e. The fourth-order valence-corrected chi connectivity index (χ4v) is 2.09. The lowest BCUT2D eigenvalue weighted by Crippen LogP contribution is -2.13. The van der Waals surface area contributed by atoms with Crippen molar-refractivity contribution in [3.63, 3.8) is 0 Å². The minimum absolute atomic E-state index is 0.508. The van der Waals surface area contributed by atoms with E-state index in [1.807, 2.05) is 12.1 Å². The van der Waals surface area contributed by atoms with Gasteiger partial charge in [-0.05, 0) is 36.6 Å². The van der Waals surface area contributed by atoms with Crippen molar-refractivity contribution in [1.82, 2.24) is 5.32 Å². The molecular weight excluding hydrogens is 182 g/mol. The second-order valence-electron chi connectivity index (χ2n) is 3.86. The van der Waals surface area contributed by atoms with Gasteiger partial charge in [0, 0.05) is 11.1 Å². The van der Waals surface area contributed by atoms with Gasteiger partial charge in [0.25, 0.3) is 0 Å². The largest absolute Gasteiger partial charge is 0.310 e. The summed E-state index contributed by atoms with van der Waals surface area (Å²) < 4.78 is 0. The molecule has 0 aromatic heterocycles. The molecule has 1 nitrogen and oxygen atoms in total. The van der Waals surface area contributed by atoms with Gasteiger partial charge in [-0.25, -0.2) is 0 Å². The lowest BCUT2D eigenvalue weighted by atomic mass is 10.0. The molecule has 1 aliphatic rings. The van der Waals surface area contributed by atoms with E-state index in [2.05, 4.69) is 24.4 Å². The molecule has 0 unspecified atom stereocenters. The van der Waals surface area contributed by atoms with Crippen molar-refractivity contribution in [3.8, 4) is 0 Å². The highest BCUT2D eigenvalue weighted by atomic mass is 35.5. The molecule has 1 heterocycles. The minimum Gasteiger partial charge on any atom is -0.310 e. The lowest BCUT2D eigenvalue weighted by Gasteiger charge is -2.10. The molecule has 13 heavy (non-hydrogen) atoms. The Labute approximate surface area is 84.1 Å². The molecule has 0 saturated carbocycles. The molecule has 2 heteroatoms.